The minimum absolute atomic E-state index is 0.384. The smallest absolute Gasteiger partial charge is 0.160 e. The zero-order valence-electron chi connectivity index (χ0n) is 13.8. The zero-order valence-corrected chi connectivity index (χ0v) is 13.8. The topological polar surface area (TPSA) is 67.5 Å². The molecule has 0 bridgehead atoms. The Morgan fingerprint density at radius 3 is 2.96 bits per heavy atom. The Kier molecular flexibility index (Phi) is 3.97. The van der Waals surface area contributed by atoms with Crippen molar-refractivity contribution in [2.75, 3.05) is 18.4 Å². The second-order valence-corrected chi connectivity index (χ2v) is 5.89. The average Bonchev–Trinajstić information content (AvgIpc) is 3.25. The van der Waals surface area contributed by atoms with Gasteiger partial charge in [-0.15, -0.1) is 0 Å². The van der Waals surface area contributed by atoms with Crippen LogP contribution in [0.3, 0.4) is 0 Å². The van der Waals surface area contributed by atoms with Crippen molar-refractivity contribution in [2.45, 2.75) is 13.3 Å². The maximum absolute atomic E-state index is 13.5. The first-order chi connectivity index (χ1) is 12.2. The van der Waals surface area contributed by atoms with Crippen LogP contribution in [0.15, 0.2) is 47.9 Å². The maximum Gasteiger partial charge on any atom is 0.160 e. The molecule has 0 aromatic carbocycles. The van der Waals surface area contributed by atoms with Gasteiger partial charge in [-0.1, -0.05) is 6.08 Å². The van der Waals surface area contributed by atoms with Gasteiger partial charge in [0.2, 0.25) is 0 Å². The van der Waals surface area contributed by atoms with E-state index in [0.29, 0.717) is 11.3 Å². The number of hydrogen-bond acceptors (Lipinski definition) is 5. The van der Waals surface area contributed by atoms with E-state index in [-0.39, 0.29) is 5.82 Å². The number of aryl methyl sites for hydroxylation is 1. The first-order valence-corrected chi connectivity index (χ1v) is 8.11. The summed E-state index contributed by atoms with van der Waals surface area (Å²) in [5, 5.41) is 7.76. The first kappa shape index (κ1) is 15.4. The molecule has 1 aliphatic heterocycles. The molecule has 1 N–H and O–H groups in total. The standard InChI is InChI=1S/C18H17FN6/c1-12-9-23-25-17(22-6-4-15-3-2-5-21-15)8-16(24-18(12)25)13-7-14(19)11-20-10-13/h2-3,7-11,22H,4-6H2,1H3. The van der Waals surface area contributed by atoms with E-state index in [4.69, 9.17) is 0 Å². The molecule has 126 valence electrons. The molecule has 0 unspecified atom stereocenters. The van der Waals surface area contributed by atoms with Gasteiger partial charge in [0.15, 0.2) is 5.65 Å². The minimum Gasteiger partial charge on any atom is -0.369 e. The lowest BCUT2D eigenvalue weighted by atomic mass is 10.2. The number of fused-ring (bicyclic) bond motifs is 1. The van der Waals surface area contributed by atoms with E-state index < -0.39 is 0 Å². The Labute approximate surface area is 144 Å². The van der Waals surface area contributed by atoms with Crippen molar-refractivity contribution in [1.29, 1.82) is 0 Å². The van der Waals surface area contributed by atoms with Crippen molar-refractivity contribution >= 4 is 17.2 Å². The van der Waals surface area contributed by atoms with Gasteiger partial charge >= 0.3 is 0 Å². The summed E-state index contributed by atoms with van der Waals surface area (Å²) in [7, 11) is 0. The maximum atomic E-state index is 13.5. The molecule has 0 saturated carbocycles. The average molecular weight is 336 g/mol. The quantitative estimate of drug-likeness (QED) is 0.777. The van der Waals surface area contributed by atoms with Gasteiger partial charge < -0.3 is 5.32 Å². The van der Waals surface area contributed by atoms with Crippen LogP contribution >= 0.6 is 0 Å². The van der Waals surface area contributed by atoms with Gasteiger partial charge in [-0.3, -0.25) is 9.98 Å². The van der Waals surface area contributed by atoms with Gasteiger partial charge in [-0.2, -0.15) is 9.61 Å². The number of hydrogen-bond donors (Lipinski definition) is 1. The molecular weight excluding hydrogens is 319 g/mol. The molecule has 7 heteroatoms. The summed E-state index contributed by atoms with van der Waals surface area (Å²) in [4.78, 5) is 12.9. The molecule has 3 aromatic heterocycles. The van der Waals surface area contributed by atoms with Crippen LogP contribution in [0.4, 0.5) is 10.2 Å². The number of nitrogens with zero attached hydrogens (tertiary/aromatic N) is 5. The number of aliphatic imine (C=N–C) groups is 1. The van der Waals surface area contributed by atoms with E-state index in [1.165, 1.54) is 12.3 Å². The highest BCUT2D eigenvalue weighted by atomic mass is 19.1. The summed E-state index contributed by atoms with van der Waals surface area (Å²) >= 11 is 0. The third-order valence-corrected chi connectivity index (χ3v) is 4.05. The normalized spacial score (nSPS) is 13.4. The van der Waals surface area contributed by atoms with E-state index >= 15 is 0 Å². The van der Waals surface area contributed by atoms with Crippen LogP contribution in [0, 0.1) is 12.7 Å². The van der Waals surface area contributed by atoms with Crippen molar-refractivity contribution in [3.63, 3.8) is 0 Å². The third kappa shape index (κ3) is 3.13. The van der Waals surface area contributed by atoms with Gasteiger partial charge in [-0.05, 0) is 19.1 Å². The molecule has 0 radical (unpaired) electrons. The Balaban J connectivity index is 1.68. The second-order valence-electron chi connectivity index (χ2n) is 5.89. The molecule has 0 saturated heterocycles. The summed E-state index contributed by atoms with van der Waals surface area (Å²) in [6, 6.07) is 3.29. The number of allylic oxidation sites excluding steroid dienone is 1. The predicted molar refractivity (Wildman–Crippen MR) is 95.5 cm³/mol. The SMILES string of the molecule is Cc1cnn2c(NCCC3=NCC=C3)cc(-c3cncc(F)c3)nc12. The lowest BCUT2D eigenvalue weighted by Gasteiger charge is -2.11. The minimum atomic E-state index is -0.384. The molecule has 0 atom stereocenters. The highest BCUT2D eigenvalue weighted by Crippen LogP contribution is 2.23. The number of aromatic nitrogens is 4. The zero-order chi connectivity index (χ0) is 17.2. The molecule has 4 heterocycles. The van der Waals surface area contributed by atoms with Crippen LogP contribution in [0.5, 0.6) is 0 Å². The predicted octanol–water partition coefficient (Wildman–Crippen LogP) is 3.05. The molecule has 0 aliphatic carbocycles. The first-order valence-electron chi connectivity index (χ1n) is 8.11. The van der Waals surface area contributed by atoms with Crippen LogP contribution in [-0.2, 0) is 0 Å². The monoisotopic (exact) mass is 336 g/mol. The molecule has 4 rings (SSSR count). The Morgan fingerprint density at radius 2 is 2.16 bits per heavy atom. The van der Waals surface area contributed by atoms with E-state index in [2.05, 4.69) is 25.4 Å². The van der Waals surface area contributed by atoms with E-state index in [1.807, 2.05) is 25.1 Å². The fourth-order valence-corrected chi connectivity index (χ4v) is 2.79. The lowest BCUT2D eigenvalue weighted by molar-refractivity contribution is 0.622. The molecular formula is C18H17FN6. The van der Waals surface area contributed by atoms with Gasteiger partial charge in [0.1, 0.15) is 11.6 Å². The number of nitrogens with one attached hydrogen (secondary N) is 1. The van der Waals surface area contributed by atoms with Crippen LogP contribution in [0.2, 0.25) is 0 Å². The van der Waals surface area contributed by atoms with Crippen molar-refractivity contribution in [3.05, 3.63) is 54.3 Å². The Hall–Kier alpha value is -3.09. The summed E-state index contributed by atoms with van der Waals surface area (Å²) in [6.45, 7) is 3.44. The highest BCUT2D eigenvalue weighted by molar-refractivity contribution is 5.96. The fraction of sp³-hybridized carbons (Fsp3) is 0.222. The van der Waals surface area contributed by atoms with E-state index in [1.54, 1.807) is 16.9 Å². The van der Waals surface area contributed by atoms with Crippen molar-refractivity contribution in [2.24, 2.45) is 4.99 Å². The number of anilines is 1. The summed E-state index contributed by atoms with van der Waals surface area (Å²) < 4.78 is 15.3. The molecule has 25 heavy (non-hydrogen) atoms. The molecule has 0 spiro atoms. The van der Waals surface area contributed by atoms with Gasteiger partial charge in [0.05, 0.1) is 24.6 Å². The summed E-state index contributed by atoms with van der Waals surface area (Å²) in [5.41, 5.74) is 4.07. The van der Waals surface area contributed by atoms with E-state index in [9.17, 15) is 4.39 Å². The van der Waals surface area contributed by atoms with E-state index in [0.717, 1.165) is 42.3 Å². The molecule has 0 fully saturated rings. The highest BCUT2D eigenvalue weighted by Gasteiger charge is 2.11. The number of pyridine rings is 1. The Morgan fingerprint density at radius 1 is 1.24 bits per heavy atom. The van der Waals surface area contributed by atoms with Crippen LogP contribution in [0.1, 0.15) is 12.0 Å². The van der Waals surface area contributed by atoms with Gasteiger partial charge in [0.25, 0.3) is 0 Å². The summed E-state index contributed by atoms with van der Waals surface area (Å²) in [6.07, 6.45) is 9.48. The van der Waals surface area contributed by atoms with Crippen LogP contribution < -0.4 is 5.32 Å². The Bertz CT molecular complexity index is 988. The second kappa shape index (κ2) is 6.43. The largest absolute Gasteiger partial charge is 0.369 e. The molecule has 3 aromatic rings. The van der Waals surface area contributed by atoms with Crippen LogP contribution in [0.25, 0.3) is 16.9 Å². The third-order valence-electron chi connectivity index (χ3n) is 4.05. The molecule has 0 amide bonds. The fourth-order valence-electron chi connectivity index (χ4n) is 2.79. The molecule has 6 nitrogen and oxygen atoms in total. The van der Waals surface area contributed by atoms with Crippen molar-refractivity contribution < 1.29 is 4.39 Å². The molecule has 1 aliphatic rings. The summed E-state index contributed by atoms with van der Waals surface area (Å²) in [5.74, 6) is 0.421. The number of halogens is 1. The van der Waals surface area contributed by atoms with Gasteiger partial charge in [-0.25, -0.2) is 9.37 Å². The number of rotatable bonds is 5. The lowest BCUT2D eigenvalue weighted by Crippen LogP contribution is -2.10. The van der Waals surface area contributed by atoms with Gasteiger partial charge in [0, 0.05) is 42.1 Å². The van der Waals surface area contributed by atoms with Crippen molar-refractivity contribution in [1.82, 2.24) is 19.6 Å². The van der Waals surface area contributed by atoms with Crippen LogP contribution in [-0.4, -0.2) is 38.4 Å². The van der Waals surface area contributed by atoms with Crippen molar-refractivity contribution in [3.8, 4) is 11.3 Å².